The van der Waals surface area contributed by atoms with Crippen LogP contribution in [0.5, 0.6) is 0 Å². The molecule has 110 valence electrons. The molecule has 0 aromatic heterocycles. The summed E-state index contributed by atoms with van der Waals surface area (Å²) in [6.45, 7) is 3.94. The molecule has 5 N–H and O–H groups in total. The molecule has 19 heavy (non-hydrogen) atoms. The molecule has 0 aliphatic rings. The van der Waals surface area contributed by atoms with E-state index >= 15 is 0 Å². The SMILES string of the molecule is CCCCCC(C)NC(=O)N[C@H](CC(N)=O)C(=O)O. The standard InChI is InChI=1S/C12H23N3O4/c1-3-4-5-6-8(2)14-12(19)15-9(11(17)18)7-10(13)16/h8-9H,3-7H2,1-2H3,(H2,13,16)(H,17,18)(H2,14,15,19)/t8?,9-/m1/s1. The molecular formula is C12H23N3O4. The Kier molecular flexibility index (Phi) is 8.32. The third-order valence-corrected chi connectivity index (χ3v) is 2.63. The zero-order valence-corrected chi connectivity index (χ0v) is 11.4. The first kappa shape index (κ1) is 17.2. The quantitative estimate of drug-likeness (QED) is 0.459. The van der Waals surface area contributed by atoms with E-state index in [2.05, 4.69) is 17.6 Å². The van der Waals surface area contributed by atoms with Gasteiger partial charge >= 0.3 is 12.0 Å². The molecule has 0 radical (unpaired) electrons. The predicted molar refractivity (Wildman–Crippen MR) is 70.5 cm³/mol. The average molecular weight is 273 g/mol. The van der Waals surface area contributed by atoms with Gasteiger partial charge in [0.25, 0.3) is 0 Å². The number of hydrogen-bond acceptors (Lipinski definition) is 3. The Labute approximate surface area is 112 Å². The summed E-state index contributed by atoms with van der Waals surface area (Å²) < 4.78 is 0. The first-order chi connectivity index (χ1) is 8.86. The molecular weight excluding hydrogens is 250 g/mol. The maximum absolute atomic E-state index is 11.5. The molecule has 2 atom stereocenters. The highest BCUT2D eigenvalue weighted by Crippen LogP contribution is 2.02. The fourth-order valence-corrected chi connectivity index (χ4v) is 1.60. The first-order valence-corrected chi connectivity index (χ1v) is 6.45. The number of aliphatic carboxylic acids is 1. The molecule has 0 spiro atoms. The van der Waals surface area contributed by atoms with Gasteiger partial charge in [-0.15, -0.1) is 0 Å². The number of hydrogen-bond donors (Lipinski definition) is 4. The van der Waals surface area contributed by atoms with E-state index in [0.717, 1.165) is 25.7 Å². The number of primary amides is 1. The lowest BCUT2D eigenvalue weighted by atomic mass is 10.1. The summed E-state index contributed by atoms with van der Waals surface area (Å²) in [4.78, 5) is 33.0. The molecule has 0 rings (SSSR count). The molecule has 0 bridgehead atoms. The van der Waals surface area contributed by atoms with Gasteiger partial charge in [-0.25, -0.2) is 9.59 Å². The Hall–Kier alpha value is -1.79. The van der Waals surface area contributed by atoms with E-state index in [-0.39, 0.29) is 6.04 Å². The number of carboxylic acids is 1. The van der Waals surface area contributed by atoms with E-state index in [4.69, 9.17) is 10.8 Å². The van der Waals surface area contributed by atoms with Crippen LogP contribution in [0, 0.1) is 0 Å². The molecule has 0 aliphatic heterocycles. The lowest BCUT2D eigenvalue weighted by molar-refractivity contribution is -0.140. The number of rotatable bonds is 9. The molecule has 1 unspecified atom stereocenters. The minimum atomic E-state index is -1.29. The highest BCUT2D eigenvalue weighted by molar-refractivity contribution is 5.87. The fourth-order valence-electron chi connectivity index (χ4n) is 1.60. The van der Waals surface area contributed by atoms with E-state index < -0.39 is 30.4 Å². The Morgan fingerprint density at radius 2 is 1.84 bits per heavy atom. The number of amides is 3. The van der Waals surface area contributed by atoms with Crippen molar-refractivity contribution in [2.24, 2.45) is 5.73 Å². The van der Waals surface area contributed by atoms with Crippen molar-refractivity contribution >= 4 is 17.9 Å². The minimum Gasteiger partial charge on any atom is -0.480 e. The smallest absolute Gasteiger partial charge is 0.326 e. The van der Waals surface area contributed by atoms with Crippen LogP contribution in [0.15, 0.2) is 0 Å². The summed E-state index contributed by atoms with van der Waals surface area (Å²) in [6, 6.07) is -1.94. The van der Waals surface area contributed by atoms with Crippen LogP contribution in [-0.2, 0) is 9.59 Å². The summed E-state index contributed by atoms with van der Waals surface area (Å²) in [6.07, 6.45) is 3.59. The normalized spacial score (nSPS) is 13.4. The van der Waals surface area contributed by atoms with E-state index in [1.54, 1.807) is 0 Å². The molecule has 0 fully saturated rings. The molecule has 7 nitrogen and oxygen atoms in total. The van der Waals surface area contributed by atoms with Gasteiger partial charge in [-0.3, -0.25) is 4.79 Å². The van der Waals surface area contributed by atoms with Crippen LogP contribution in [-0.4, -0.2) is 35.1 Å². The molecule has 0 saturated carbocycles. The maximum Gasteiger partial charge on any atom is 0.326 e. The van der Waals surface area contributed by atoms with Crippen molar-refractivity contribution in [3.05, 3.63) is 0 Å². The number of carbonyl (C=O) groups excluding carboxylic acids is 2. The molecule has 0 aromatic rings. The maximum atomic E-state index is 11.5. The second-order valence-corrected chi connectivity index (χ2v) is 4.58. The number of carbonyl (C=O) groups is 3. The van der Waals surface area contributed by atoms with Crippen molar-refractivity contribution in [2.45, 2.75) is 58.0 Å². The van der Waals surface area contributed by atoms with Gasteiger partial charge in [-0.05, 0) is 13.3 Å². The highest BCUT2D eigenvalue weighted by atomic mass is 16.4. The number of nitrogens with two attached hydrogens (primary N) is 1. The van der Waals surface area contributed by atoms with Crippen molar-refractivity contribution in [3.63, 3.8) is 0 Å². The van der Waals surface area contributed by atoms with Crippen LogP contribution in [0.25, 0.3) is 0 Å². The molecule has 0 aliphatic carbocycles. The van der Waals surface area contributed by atoms with Crippen molar-refractivity contribution < 1.29 is 19.5 Å². The van der Waals surface area contributed by atoms with Gasteiger partial charge in [0.2, 0.25) is 5.91 Å². The monoisotopic (exact) mass is 273 g/mol. The van der Waals surface area contributed by atoms with Crippen molar-refractivity contribution in [2.75, 3.05) is 0 Å². The summed E-state index contributed by atoms with van der Waals surface area (Å²) in [7, 11) is 0. The van der Waals surface area contributed by atoms with Gasteiger partial charge in [0, 0.05) is 6.04 Å². The largest absolute Gasteiger partial charge is 0.480 e. The van der Waals surface area contributed by atoms with Crippen LogP contribution in [0.4, 0.5) is 4.79 Å². The summed E-state index contributed by atoms with van der Waals surface area (Å²) in [5.74, 6) is -2.06. The van der Waals surface area contributed by atoms with E-state index in [0.29, 0.717) is 0 Å². The van der Waals surface area contributed by atoms with Gasteiger partial charge in [0.05, 0.1) is 6.42 Å². The van der Waals surface area contributed by atoms with E-state index in [1.165, 1.54) is 0 Å². The van der Waals surface area contributed by atoms with Crippen molar-refractivity contribution in [3.8, 4) is 0 Å². The topological polar surface area (TPSA) is 122 Å². The Morgan fingerprint density at radius 1 is 1.21 bits per heavy atom. The Balaban J connectivity index is 4.11. The Morgan fingerprint density at radius 3 is 2.32 bits per heavy atom. The molecule has 0 aromatic carbocycles. The van der Waals surface area contributed by atoms with Crippen LogP contribution >= 0.6 is 0 Å². The van der Waals surface area contributed by atoms with Crippen LogP contribution in [0.2, 0.25) is 0 Å². The highest BCUT2D eigenvalue weighted by Gasteiger charge is 2.22. The summed E-state index contributed by atoms with van der Waals surface area (Å²) in [5.41, 5.74) is 4.92. The number of carboxylic acid groups (broad SMARTS) is 1. The van der Waals surface area contributed by atoms with Crippen molar-refractivity contribution in [1.82, 2.24) is 10.6 Å². The zero-order chi connectivity index (χ0) is 14.8. The molecule has 0 saturated heterocycles. The number of nitrogens with one attached hydrogen (secondary N) is 2. The van der Waals surface area contributed by atoms with E-state index in [1.807, 2.05) is 6.92 Å². The van der Waals surface area contributed by atoms with Crippen molar-refractivity contribution in [1.29, 1.82) is 0 Å². The second-order valence-electron chi connectivity index (χ2n) is 4.58. The van der Waals surface area contributed by atoms with Gasteiger partial charge in [0.15, 0.2) is 0 Å². The Bertz CT molecular complexity index is 320. The molecule has 7 heteroatoms. The number of urea groups is 1. The first-order valence-electron chi connectivity index (χ1n) is 6.45. The summed E-state index contributed by atoms with van der Waals surface area (Å²) in [5, 5.41) is 13.7. The van der Waals surface area contributed by atoms with E-state index in [9.17, 15) is 14.4 Å². The second kappa shape index (κ2) is 9.18. The lowest BCUT2D eigenvalue weighted by Gasteiger charge is -2.17. The zero-order valence-electron chi connectivity index (χ0n) is 11.4. The van der Waals surface area contributed by atoms with Crippen LogP contribution in [0.3, 0.4) is 0 Å². The third-order valence-electron chi connectivity index (χ3n) is 2.63. The van der Waals surface area contributed by atoms with Crippen LogP contribution < -0.4 is 16.4 Å². The van der Waals surface area contributed by atoms with Gasteiger partial charge in [0.1, 0.15) is 6.04 Å². The minimum absolute atomic E-state index is 0.0467. The fraction of sp³-hybridized carbons (Fsp3) is 0.750. The van der Waals surface area contributed by atoms with Gasteiger partial charge in [-0.2, -0.15) is 0 Å². The lowest BCUT2D eigenvalue weighted by Crippen LogP contribution is -2.49. The third kappa shape index (κ3) is 8.87. The molecule has 3 amide bonds. The summed E-state index contributed by atoms with van der Waals surface area (Å²) >= 11 is 0. The van der Waals surface area contributed by atoms with Gasteiger partial charge in [-0.1, -0.05) is 26.2 Å². The predicted octanol–water partition coefficient (Wildman–Crippen LogP) is 0.583. The molecule has 0 heterocycles. The van der Waals surface area contributed by atoms with Gasteiger partial charge < -0.3 is 21.5 Å². The number of unbranched alkanes of at least 4 members (excludes halogenated alkanes) is 2. The average Bonchev–Trinajstić information content (AvgIpc) is 2.27. The van der Waals surface area contributed by atoms with Crippen LogP contribution in [0.1, 0.15) is 46.0 Å².